The molecule has 8 nitrogen and oxygen atoms in total. The summed E-state index contributed by atoms with van der Waals surface area (Å²) >= 11 is 12.4. The van der Waals surface area contributed by atoms with Crippen LogP contribution in [-0.4, -0.2) is 54.0 Å². The Labute approximate surface area is 227 Å². The Kier molecular flexibility index (Phi) is 8.46. The van der Waals surface area contributed by atoms with Crippen LogP contribution in [0.2, 0.25) is 10.0 Å². The van der Waals surface area contributed by atoms with Crippen LogP contribution >= 0.6 is 23.2 Å². The molecule has 1 N–H and O–H groups in total. The smallest absolute Gasteiger partial charge is 0.269 e. The summed E-state index contributed by atoms with van der Waals surface area (Å²) in [4.78, 5) is 40.5. The predicted octanol–water partition coefficient (Wildman–Crippen LogP) is 4.39. The van der Waals surface area contributed by atoms with E-state index in [0.717, 1.165) is 30.0 Å². The molecule has 1 aliphatic heterocycles. The van der Waals surface area contributed by atoms with Gasteiger partial charge in [-0.1, -0.05) is 54.2 Å². The second-order valence-electron chi connectivity index (χ2n) is 9.41. The highest BCUT2D eigenvalue weighted by Crippen LogP contribution is 2.30. The topological polar surface area (TPSA) is 104 Å². The highest BCUT2D eigenvalue weighted by molar-refractivity contribution is 7.90. The van der Waals surface area contributed by atoms with E-state index in [1.54, 1.807) is 37.3 Å². The summed E-state index contributed by atoms with van der Waals surface area (Å²) in [6.45, 7) is 1.61. The molecule has 1 fully saturated rings. The number of carbonyl (C=O) groups is 3. The fourth-order valence-corrected chi connectivity index (χ4v) is 6.85. The fraction of sp³-hybridized carbons (Fsp3) is 0.423. The average Bonchev–Trinajstić information content (AvgIpc) is 3.44. The molecule has 3 amide bonds. The quantitative estimate of drug-likeness (QED) is 0.485. The largest absolute Gasteiger partial charge is 0.352 e. The molecule has 2 aromatic carbocycles. The Bertz CT molecular complexity index is 1310. The molecule has 1 atom stereocenters. The van der Waals surface area contributed by atoms with Gasteiger partial charge in [0, 0.05) is 35.6 Å². The van der Waals surface area contributed by atoms with Crippen molar-refractivity contribution in [1.29, 1.82) is 0 Å². The number of hydrogen-bond acceptors (Lipinski definition) is 5. The van der Waals surface area contributed by atoms with Crippen LogP contribution in [0.3, 0.4) is 0 Å². The maximum Gasteiger partial charge on any atom is 0.269 e. The first-order valence-corrected chi connectivity index (χ1v) is 14.5. The summed E-state index contributed by atoms with van der Waals surface area (Å²) in [7, 11) is -3.95. The molecule has 2 aromatic rings. The fourth-order valence-electron chi connectivity index (χ4n) is 4.78. The number of benzene rings is 2. The van der Waals surface area contributed by atoms with E-state index in [0.29, 0.717) is 15.6 Å². The summed E-state index contributed by atoms with van der Waals surface area (Å²) in [5.41, 5.74) is 0.762. The van der Waals surface area contributed by atoms with Gasteiger partial charge in [0.2, 0.25) is 11.8 Å². The molecular formula is C26H29Cl2N3O5S. The Morgan fingerprint density at radius 3 is 2.51 bits per heavy atom. The first-order chi connectivity index (χ1) is 17.6. The zero-order valence-corrected chi connectivity index (χ0v) is 22.8. The van der Waals surface area contributed by atoms with E-state index in [1.165, 1.54) is 17.0 Å². The molecule has 4 rings (SSSR count). The molecule has 0 radical (unpaired) electrons. The van der Waals surface area contributed by atoms with Crippen LogP contribution in [0.15, 0.2) is 47.4 Å². The van der Waals surface area contributed by atoms with E-state index in [-0.39, 0.29) is 54.2 Å². The zero-order valence-electron chi connectivity index (χ0n) is 20.5. The minimum atomic E-state index is -3.95. The monoisotopic (exact) mass is 565 g/mol. The standard InChI is InChI=1S/C26H29Cl2N3O5S/c1-17(25(33)29-20-7-2-3-8-20)30(16-18-12-13-19(27)15-22(18)28)24(32)11-6-14-31-26(34)21-9-4-5-10-23(21)37(31,35)36/h4-5,9-10,12-13,15,17,20H,2-3,6-8,11,14,16H2,1H3,(H,29,33)/t17-/m0/s1. The van der Waals surface area contributed by atoms with Gasteiger partial charge in [-0.3, -0.25) is 14.4 Å². The number of halogens is 2. The van der Waals surface area contributed by atoms with Crippen molar-refractivity contribution < 1.29 is 22.8 Å². The summed E-state index contributed by atoms with van der Waals surface area (Å²) in [6, 6.07) is 10.3. The number of carbonyl (C=O) groups excluding carboxylic acids is 3. The molecule has 1 saturated carbocycles. The van der Waals surface area contributed by atoms with Gasteiger partial charge in [-0.15, -0.1) is 0 Å². The lowest BCUT2D eigenvalue weighted by Gasteiger charge is -2.30. The maximum atomic E-state index is 13.4. The number of hydrogen-bond donors (Lipinski definition) is 1. The SMILES string of the molecule is C[C@@H](C(=O)NC1CCCC1)N(Cc1ccc(Cl)cc1Cl)C(=O)CCCN1C(=O)c2ccccc2S1(=O)=O. The number of rotatable bonds is 9. The summed E-state index contributed by atoms with van der Waals surface area (Å²) in [5, 5.41) is 3.86. The first-order valence-electron chi connectivity index (χ1n) is 12.3. The van der Waals surface area contributed by atoms with Gasteiger partial charge in [-0.2, -0.15) is 0 Å². The molecule has 0 aromatic heterocycles. The van der Waals surface area contributed by atoms with Crippen molar-refractivity contribution in [1.82, 2.24) is 14.5 Å². The lowest BCUT2D eigenvalue weighted by Crippen LogP contribution is -2.49. The summed E-state index contributed by atoms with van der Waals surface area (Å²) < 4.78 is 26.4. The third-order valence-electron chi connectivity index (χ3n) is 6.89. The molecular weight excluding hydrogens is 537 g/mol. The van der Waals surface area contributed by atoms with Crippen LogP contribution in [-0.2, 0) is 26.2 Å². The average molecular weight is 567 g/mol. The first kappa shape index (κ1) is 27.4. The number of sulfonamides is 1. The van der Waals surface area contributed by atoms with Gasteiger partial charge in [0.1, 0.15) is 10.9 Å². The minimum absolute atomic E-state index is 0.0254. The molecule has 1 aliphatic carbocycles. The molecule has 37 heavy (non-hydrogen) atoms. The number of nitrogens with one attached hydrogen (secondary N) is 1. The van der Waals surface area contributed by atoms with Gasteiger partial charge in [-0.25, -0.2) is 12.7 Å². The van der Waals surface area contributed by atoms with Crippen molar-refractivity contribution in [2.75, 3.05) is 6.54 Å². The van der Waals surface area contributed by atoms with Gasteiger partial charge in [0.15, 0.2) is 0 Å². The number of nitrogens with zero attached hydrogens (tertiary/aromatic N) is 2. The third-order valence-corrected chi connectivity index (χ3v) is 9.32. The van der Waals surface area contributed by atoms with Crippen LogP contribution in [0.5, 0.6) is 0 Å². The van der Waals surface area contributed by atoms with Gasteiger partial charge in [0.05, 0.1) is 5.56 Å². The maximum absolute atomic E-state index is 13.4. The van der Waals surface area contributed by atoms with Crippen molar-refractivity contribution in [3.05, 3.63) is 63.6 Å². The Hall–Kier alpha value is -2.62. The van der Waals surface area contributed by atoms with Crippen molar-refractivity contribution in [2.24, 2.45) is 0 Å². The zero-order chi connectivity index (χ0) is 26.7. The van der Waals surface area contributed by atoms with E-state index in [1.807, 2.05) is 0 Å². The van der Waals surface area contributed by atoms with Crippen LogP contribution in [0, 0.1) is 0 Å². The predicted molar refractivity (Wildman–Crippen MR) is 141 cm³/mol. The lowest BCUT2D eigenvalue weighted by molar-refractivity contribution is -0.141. The number of amides is 3. The minimum Gasteiger partial charge on any atom is -0.352 e. The van der Waals surface area contributed by atoms with E-state index in [2.05, 4.69) is 5.32 Å². The van der Waals surface area contributed by atoms with Gasteiger partial charge in [-0.05, 0) is 56.0 Å². The second-order valence-corrected chi connectivity index (χ2v) is 12.1. The molecule has 0 spiro atoms. The lowest BCUT2D eigenvalue weighted by atomic mass is 10.1. The molecule has 0 bridgehead atoms. The third kappa shape index (κ3) is 5.94. The molecule has 0 unspecified atom stereocenters. The highest BCUT2D eigenvalue weighted by Gasteiger charge is 2.40. The van der Waals surface area contributed by atoms with Gasteiger partial charge < -0.3 is 10.2 Å². The van der Waals surface area contributed by atoms with E-state index in [9.17, 15) is 22.8 Å². The van der Waals surface area contributed by atoms with Gasteiger partial charge in [0.25, 0.3) is 15.9 Å². The van der Waals surface area contributed by atoms with Gasteiger partial charge >= 0.3 is 0 Å². The van der Waals surface area contributed by atoms with Crippen molar-refractivity contribution in [3.8, 4) is 0 Å². The highest BCUT2D eigenvalue weighted by atomic mass is 35.5. The van der Waals surface area contributed by atoms with Crippen LogP contribution in [0.1, 0.15) is 61.4 Å². The normalized spacial score (nSPS) is 17.5. The van der Waals surface area contributed by atoms with E-state index < -0.39 is 22.0 Å². The van der Waals surface area contributed by atoms with Crippen LogP contribution in [0.25, 0.3) is 0 Å². The summed E-state index contributed by atoms with van der Waals surface area (Å²) in [5.74, 6) is -1.20. The van der Waals surface area contributed by atoms with E-state index >= 15 is 0 Å². The molecule has 2 aliphatic rings. The Morgan fingerprint density at radius 1 is 1.14 bits per heavy atom. The molecule has 0 saturated heterocycles. The Morgan fingerprint density at radius 2 is 1.84 bits per heavy atom. The Balaban J connectivity index is 1.46. The summed E-state index contributed by atoms with van der Waals surface area (Å²) in [6.07, 6.45) is 4.00. The second kappa shape index (κ2) is 11.4. The van der Waals surface area contributed by atoms with Crippen LogP contribution in [0.4, 0.5) is 0 Å². The van der Waals surface area contributed by atoms with E-state index in [4.69, 9.17) is 23.2 Å². The van der Waals surface area contributed by atoms with Crippen molar-refractivity contribution >= 4 is 50.9 Å². The molecule has 1 heterocycles. The molecule has 198 valence electrons. The van der Waals surface area contributed by atoms with Crippen molar-refractivity contribution in [2.45, 2.75) is 69.0 Å². The number of fused-ring (bicyclic) bond motifs is 1. The van der Waals surface area contributed by atoms with Crippen molar-refractivity contribution in [3.63, 3.8) is 0 Å². The van der Waals surface area contributed by atoms with Crippen LogP contribution < -0.4 is 5.32 Å². The molecule has 11 heteroatoms.